The SMILES string of the molecule is Cl.O=C(c1cc(Cl)ccc1Oc1ccc(F)cc1)N1CCC2CCC(C1)N2. The quantitative estimate of drug-likeness (QED) is 0.799. The second-order valence-electron chi connectivity index (χ2n) is 6.87. The van der Waals surface area contributed by atoms with Gasteiger partial charge in [-0.05, 0) is 61.7 Å². The molecule has 2 aliphatic rings. The second kappa shape index (κ2) is 8.46. The summed E-state index contributed by atoms with van der Waals surface area (Å²) in [6.07, 6.45) is 3.24. The van der Waals surface area contributed by atoms with Crippen LogP contribution in [0.1, 0.15) is 29.6 Å². The molecule has 144 valence electrons. The number of rotatable bonds is 3. The molecular formula is C20H21Cl2FN2O2. The van der Waals surface area contributed by atoms with Crippen LogP contribution >= 0.6 is 24.0 Å². The molecule has 7 heteroatoms. The van der Waals surface area contributed by atoms with E-state index < -0.39 is 0 Å². The smallest absolute Gasteiger partial charge is 0.257 e. The zero-order valence-electron chi connectivity index (χ0n) is 14.7. The molecule has 2 aliphatic heterocycles. The highest BCUT2D eigenvalue weighted by atomic mass is 35.5. The number of benzene rings is 2. The van der Waals surface area contributed by atoms with E-state index in [9.17, 15) is 9.18 Å². The molecule has 2 aromatic rings. The summed E-state index contributed by atoms with van der Waals surface area (Å²) in [5.41, 5.74) is 0.430. The first-order valence-electron chi connectivity index (χ1n) is 8.87. The maximum absolute atomic E-state index is 13.1. The van der Waals surface area contributed by atoms with E-state index in [1.165, 1.54) is 30.7 Å². The number of halogens is 3. The van der Waals surface area contributed by atoms with Gasteiger partial charge >= 0.3 is 0 Å². The van der Waals surface area contributed by atoms with Gasteiger partial charge in [0.15, 0.2) is 0 Å². The highest BCUT2D eigenvalue weighted by molar-refractivity contribution is 6.31. The number of carbonyl (C=O) groups excluding carboxylic acids is 1. The van der Waals surface area contributed by atoms with Crippen LogP contribution in [0.15, 0.2) is 42.5 Å². The summed E-state index contributed by atoms with van der Waals surface area (Å²) in [4.78, 5) is 15.0. The first-order chi connectivity index (χ1) is 12.6. The van der Waals surface area contributed by atoms with Gasteiger partial charge in [-0.3, -0.25) is 4.79 Å². The molecule has 2 aromatic carbocycles. The van der Waals surface area contributed by atoms with Crippen LogP contribution in [0.25, 0.3) is 0 Å². The number of ether oxygens (including phenoxy) is 1. The third-order valence-electron chi connectivity index (χ3n) is 5.02. The van der Waals surface area contributed by atoms with Crippen LogP contribution in [-0.4, -0.2) is 36.0 Å². The Balaban J connectivity index is 0.00000210. The highest BCUT2D eigenvalue weighted by Crippen LogP contribution is 2.30. The van der Waals surface area contributed by atoms with Gasteiger partial charge in [-0.2, -0.15) is 0 Å². The normalized spacial score (nSPS) is 21.3. The first kappa shape index (κ1) is 19.9. The van der Waals surface area contributed by atoms with E-state index in [0.717, 1.165) is 19.4 Å². The van der Waals surface area contributed by atoms with E-state index in [1.54, 1.807) is 18.2 Å². The van der Waals surface area contributed by atoms with Crippen molar-refractivity contribution >= 4 is 29.9 Å². The van der Waals surface area contributed by atoms with Crippen LogP contribution in [0, 0.1) is 5.82 Å². The number of fused-ring (bicyclic) bond motifs is 2. The summed E-state index contributed by atoms with van der Waals surface area (Å²) >= 11 is 6.13. The Hall–Kier alpha value is -1.82. The van der Waals surface area contributed by atoms with Crippen LogP contribution in [0.5, 0.6) is 11.5 Å². The fourth-order valence-electron chi connectivity index (χ4n) is 3.69. The van der Waals surface area contributed by atoms with Crippen molar-refractivity contribution in [3.63, 3.8) is 0 Å². The Labute approximate surface area is 169 Å². The largest absolute Gasteiger partial charge is 0.457 e. The number of carbonyl (C=O) groups is 1. The number of likely N-dealkylation sites (tertiary alicyclic amines) is 1. The Morgan fingerprint density at radius 1 is 1.11 bits per heavy atom. The average Bonchev–Trinajstić information content (AvgIpc) is 2.97. The fraction of sp³-hybridized carbons (Fsp3) is 0.350. The topological polar surface area (TPSA) is 41.6 Å². The fourth-order valence-corrected chi connectivity index (χ4v) is 3.86. The van der Waals surface area contributed by atoms with Gasteiger partial charge in [0, 0.05) is 30.2 Å². The summed E-state index contributed by atoms with van der Waals surface area (Å²) in [6, 6.07) is 11.6. The van der Waals surface area contributed by atoms with Crippen molar-refractivity contribution in [2.75, 3.05) is 13.1 Å². The van der Waals surface area contributed by atoms with Gasteiger partial charge in [-0.25, -0.2) is 4.39 Å². The third-order valence-corrected chi connectivity index (χ3v) is 5.26. The van der Waals surface area contributed by atoms with Gasteiger partial charge in [0.05, 0.1) is 5.56 Å². The van der Waals surface area contributed by atoms with E-state index >= 15 is 0 Å². The number of hydrogen-bond acceptors (Lipinski definition) is 3. The molecule has 2 saturated heterocycles. The Morgan fingerprint density at radius 2 is 1.85 bits per heavy atom. The average molecular weight is 411 g/mol. The molecule has 27 heavy (non-hydrogen) atoms. The van der Waals surface area contributed by atoms with Crippen molar-refractivity contribution in [3.05, 3.63) is 58.9 Å². The molecular weight excluding hydrogens is 390 g/mol. The maximum atomic E-state index is 13.1. The predicted molar refractivity (Wildman–Crippen MR) is 106 cm³/mol. The monoisotopic (exact) mass is 410 g/mol. The summed E-state index contributed by atoms with van der Waals surface area (Å²) in [6.45, 7) is 1.41. The Bertz CT molecular complexity index is 816. The summed E-state index contributed by atoms with van der Waals surface area (Å²) < 4.78 is 18.9. The molecule has 0 aromatic heterocycles. The summed E-state index contributed by atoms with van der Waals surface area (Å²) in [7, 11) is 0. The van der Waals surface area contributed by atoms with Crippen LogP contribution in [0.3, 0.4) is 0 Å². The number of hydrogen-bond donors (Lipinski definition) is 1. The highest BCUT2D eigenvalue weighted by Gasteiger charge is 2.32. The minimum Gasteiger partial charge on any atom is -0.457 e. The molecule has 2 bridgehead atoms. The van der Waals surface area contributed by atoms with Crippen molar-refractivity contribution in [1.82, 2.24) is 10.2 Å². The molecule has 1 amide bonds. The molecule has 0 aliphatic carbocycles. The minimum atomic E-state index is -0.336. The van der Waals surface area contributed by atoms with Crippen molar-refractivity contribution in [2.24, 2.45) is 0 Å². The molecule has 4 nitrogen and oxygen atoms in total. The molecule has 4 rings (SSSR count). The van der Waals surface area contributed by atoms with Crippen LogP contribution < -0.4 is 10.1 Å². The molecule has 1 N–H and O–H groups in total. The third kappa shape index (κ3) is 4.54. The van der Waals surface area contributed by atoms with E-state index in [-0.39, 0.29) is 24.1 Å². The molecule has 0 saturated carbocycles. The van der Waals surface area contributed by atoms with Gasteiger partial charge in [0.2, 0.25) is 0 Å². The Morgan fingerprint density at radius 3 is 2.63 bits per heavy atom. The minimum absolute atomic E-state index is 0. The molecule has 2 heterocycles. The standard InChI is InChI=1S/C20H20ClFN2O2.ClH/c21-13-1-8-19(26-17-6-2-14(22)3-7-17)18(11-13)20(25)24-10-9-15-4-5-16(12-24)23-15;/h1-3,6-8,11,15-16,23H,4-5,9-10,12H2;1H. The van der Waals surface area contributed by atoms with E-state index in [1.807, 2.05) is 4.90 Å². The molecule has 0 radical (unpaired) electrons. The summed E-state index contributed by atoms with van der Waals surface area (Å²) in [5, 5.41) is 4.05. The lowest BCUT2D eigenvalue weighted by Crippen LogP contribution is -2.39. The molecule has 0 spiro atoms. The van der Waals surface area contributed by atoms with Gasteiger partial charge in [-0.15, -0.1) is 12.4 Å². The lowest BCUT2D eigenvalue weighted by atomic mass is 10.1. The maximum Gasteiger partial charge on any atom is 0.257 e. The van der Waals surface area contributed by atoms with Crippen LogP contribution in [0.2, 0.25) is 5.02 Å². The molecule has 2 unspecified atom stereocenters. The molecule has 2 fully saturated rings. The van der Waals surface area contributed by atoms with Crippen molar-refractivity contribution in [2.45, 2.75) is 31.3 Å². The van der Waals surface area contributed by atoms with Crippen molar-refractivity contribution in [1.29, 1.82) is 0 Å². The Kier molecular flexibility index (Phi) is 6.25. The van der Waals surface area contributed by atoms with Gasteiger partial charge < -0.3 is 15.0 Å². The van der Waals surface area contributed by atoms with Gasteiger partial charge in [0.1, 0.15) is 17.3 Å². The number of nitrogens with zero attached hydrogens (tertiary/aromatic N) is 1. The van der Waals surface area contributed by atoms with Crippen LogP contribution in [0.4, 0.5) is 4.39 Å². The first-order valence-corrected chi connectivity index (χ1v) is 9.24. The lowest BCUT2D eigenvalue weighted by molar-refractivity contribution is 0.0745. The zero-order valence-corrected chi connectivity index (χ0v) is 16.2. The molecule has 2 atom stereocenters. The van der Waals surface area contributed by atoms with Crippen molar-refractivity contribution in [3.8, 4) is 11.5 Å². The van der Waals surface area contributed by atoms with Gasteiger partial charge in [-0.1, -0.05) is 11.6 Å². The zero-order chi connectivity index (χ0) is 18.1. The van der Waals surface area contributed by atoms with E-state index in [0.29, 0.717) is 40.7 Å². The second-order valence-corrected chi connectivity index (χ2v) is 7.31. The van der Waals surface area contributed by atoms with E-state index in [2.05, 4.69) is 5.32 Å². The van der Waals surface area contributed by atoms with E-state index in [4.69, 9.17) is 16.3 Å². The summed E-state index contributed by atoms with van der Waals surface area (Å²) in [5.74, 6) is 0.476. The van der Waals surface area contributed by atoms with Crippen LogP contribution in [-0.2, 0) is 0 Å². The van der Waals surface area contributed by atoms with Gasteiger partial charge in [0.25, 0.3) is 5.91 Å². The van der Waals surface area contributed by atoms with Crippen molar-refractivity contribution < 1.29 is 13.9 Å². The lowest BCUT2D eigenvalue weighted by Gasteiger charge is -2.25. The number of nitrogens with one attached hydrogen (secondary N) is 1. The predicted octanol–water partition coefficient (Wildman–Crippen LogP) is 4.66. The number of amides is 1.